The maximum absolute atomic E-state index is 5.86. The largest absolute Gasteiger partial charge is 0.383 e. The van der Waals surface area contributed by atoms with Gasteiger partial charge in [0.2, 0.25) is 0 Å². The maximum atomic E-state index is 5.86. The van der Waals surface area contributed by atoms with Gasteiger partial charge >= 0.3 is 0 Å². The number of nitrogens with zero attached hydrogens (tertiary/aromatic N) is 4. The molecule has 2 aromatic heterocycles. The summed E-state index contributed by atoms with van der Waals surface area (Å²) in [4.78, 5) is 14.7. The average molecular weight is 243 g/mol. The van der Waals surface area contributed by atoms with Crippen LogP contribution in [0.15, 0.2) is 24.5 Å². The van der Waals surface area contributed by atoms with Gasteiger partial charge in [-0.3, -0.25) is 4.98 Å². The first kappa shape index (κ1) is 12.3. The monoisotopic (exact) mass is 243 g/mol. The molecule has 0 unspecified atom stereocenters. The number of hydrogen-bond donors (Lipinski definition) is 1. The van der Waals surface area contributed by atoms with Gasteiger partial charge in [-0.2, -0.15) is 0 Å². The molecule has 0 radical (unpaired) electrons. The number of aryl methyl sites for hydroxylation is 1. The second kappa shape index (κ2) is 5.00. The Hall–Kier alpha value is -2.17. The van der Waals surface area contributed by atoms with Gasteiger partial charge in [-0.1, -0.05) is 0 Å². The Balaban J connectivity index is 2.26. The highest BCUT2D eigenvalue weighted by Crippen LogP contribution is 2.21. The molecule has 2 rings (SSSR count). The third-order valence-corrected chi connectivity index (χ3v) is 2.80. The lowest BCUT2D eigenvalue weighted by molar-refractivity contribution is 0.870. The fourth-order valence-electron chi connectivity index (χ4n) is 1.84. The van der Waals surface area contributed by atoms with E-state index in [1.807, 2.05) is 33.0 Å². The van der Waals surface area contributed by atoms with Crippen molar-refractivity contribution in [2.24, 2.45) is 0 Å². The molecule has 18 heavy (non-hydrogen) atoms. The lowest BCUT2D eigenvalue weighted by Gasteiger charge is -2.21. The summed E-state index contributed by atoms with van der Waals surface area (Å²) >= 11 is 0. The average Bonchev–Trinajstić information content (AvgIpc) is 2.35. The van der Waals surface area contributed by atoms with Crippen LogP contribution in [0.5, 0.6) is 0 Å². The molecule has 0 aliphatic carbocycles. The Morgan fingerprint density at radius 1 is 1.17 bits per heavy atom. The number of nitrogen functional groups attached to an aromatic ring is 1. The number of hydrogen-bond acceptors (Lipinski definition) is 5. The molecular weight excluding hydrogens is 226 g/mol. The van der Waals surface area contributed by atoms with Crippen LogP contribution in [-0.4, -0.2) is 22.0 Å². The normalized spacial score (nSPS) is 10.4. The van der Waals surface area contributed by atoms with Crippen molar-refractivity contribution in [3.63, 3.8) is 0 Å². The van der Waals surface area contributed by atoms with E-state index in [4.69, 9.17) is 5.73 Å². The Labute approximate surface area is 107 Å². The topological polar surface area (TPSA) is 67.9 Å². The molecule has 0 aromatic carbocycles. The second-order valence-electron chi connectivity index (χ2n) is 4.32. The number of pyridine rings is 1. The van der Waals surface area contributed by atoms with Gasteiger partial charge in [-0.25, -0.2) is 9.97 Å². The predicted octanol–water partition coefficient (Wildman–Crippen LogP) is 1.71. The van der Waals surface area contributed by atoms with Gasteiger partial charge in [0.25, 0.3) is 0 Å². The fourth-order valence-corrected chi connectivity index (χ4v) is 1.84. The predicted molar refractivity (Wildman–Crippen MR) is 72.3 cm³/mol. The summed E-state index contributed by atoms with van der Waals surface area (Å²) in [5.74, 6) is 2.10. The van der Waals surface area contributed by atoms with Crippen LogP contribution in [0.3, 0.4) is 0 Å². The molecule has 2 aromatic rings. The van der Waals surface area contributed by atoms with Gasteiger partial charge in [-0.15, -0.1) is 0 Å². The summed E-state index contributed by atoms with van der Waals surface area (Å²) in [6.45, 7) is 4.55. The minimum Gasteiger partial charge on any atom is -0.383 e. The van der Waals surface area contributed by atoms with Crippen LogP contribution in [0.25, 0.3) is 0 Å². The summed E-state index contributed by atoms with van der Waals surface area (Å²) in [6, 6.07) is 3.98. The molecule has 0 saturated heterocycles. The van der Waals surface area contributed by atoms with Crippen molar-refractivity contribution in [1.29, 1.82) is 0 Å². The standard InChI is InChI=1S/C13H17N5/c1-9-12(14)16-10(2)17-13(9)18(3)8-11-4-6-15-7-5-11/h4-7H,8H2,1-3H3,(H2,14,16,17). The Bertz CT molecular complexity index is 539. The maximum Gasteiger partial charge on any atom is 0.137 e. The minimum absolute atomic E-state index is 0.541. The summed E-state index contributed by atoms with van der Waals surface area (Å²) < 4.78 is 0. The Morgan fingerprint density at radius 3 is 2.50 bits per heavy atom. The quantitative estimate of drug-likeness (QED) is 0.888. The molecule has 94 valence electrons. The van der Waals surface area contributed by atoms with E-state index in [2.05, 4.69) is 19.9 Å². The highest BCUT2D eigenvalue weighted by atomic mass is 15.2. The molecule has 0 spiro atoms. The first-order valence-corrected chi connectivity index (χ1v) is 5.78. The fraction of sp³-hybridized carbons (Fsp3) is 0.308. The zero-order valence-corrected chi connectivity index (χ0v) is 10.9. The van der Waals surface area contributed by atoms with Crippen molar-refractivity contribution >= 4 is 11.6 Å². The first-order chi connectivity index (χ1) is 8.58. The summed E-state index contributed by atoms with van der Waals surface area (Å²) in [7, 11) is 1.99. The molecule has 2 N–H and O–H groups in total. The van der Waals surface area contributed by atoms with Gasteiger partial charge < -0.3 is 10.6 Å². The Morgan fingerprint density at radius 2 is 1.83 bits per heavy atom. The summed E-state index contributed by atoms with van der Waals surface area (Å²) in [6.07, 6.45) is 3.57. The SMILES string of the molecule is Cc1nc(N)c(C)c(N(C)Cc2ccncc2)n1. The van der Waals surface area contributed by atoms with Crippen LogP contribution in [-0.2, 0) is 6.54 Å². The van der Waals surface area contributed by atoms with Crippen molar-refractivity contribution < 1.29 is 0 Å². The van der Waals surface area contributed by atoms with Crippen LogP contribution < -0.4 is 10.6 Å². The molecule has 5 nitrogen and oxygen atoms in total. The van der Waals surface area contributed by atoms with E-state index in [0.717, 1.165) is 17.9 Å². The molecule has 0 atom stereocenters. The molecule has 0 bridgehead atoms. The molecule has 0 amide bonds. The molecule has 5 heteroatoms. The van der Waals surface area contributed by atoms with E-state index >= 15 is 0 Å². The number of rotatable bonds is 3. The van der Waals surface area contributed by atoms with E-state index in [0.29, 0.717) is 11.6 Å². The zero-order valence-electron chi connectivity index (χ0n) is 10.9. The van der Waals surface area contributed by atoms with Gasteiger partial charge in [0.15, 0.2) is 0 Å². The number of nitrogens with two attached hydrogens (primary N) is 1. The molecule has 2 heterocycles. The van der Waals surface area contributed by atoms with Gasteiger partial charge in [0, 0.05) is 31.5 Å². The van der Waals surface area contributed by atoms with E-state index < -0.39 is 0 Å². The Kier molecular flexibility index (Phi) is 3.41. The second-order valence-corrected chi connectivity index (χ2v) is 4.32. The van der Waals surface area contributed by atoms with Crippen LogP contribution in [0.2, 0.25) is 0 Å². The number of aromatic nitrogens is 3. The third-order valence-electron chi connectivity index (χ3n) is 2.80. The summed E-state index contributed by atoms with van der Waals surface area (Å²) in [5.41, 5.74) is 7.96. The van der Waals surface area contributed by atoms with Crippen molar-refractivity contribution in [2.45, 2.75) is 20.4 Å². The van der Waals surface area contributed by atoms with Crippen molar-refractivity contribution in [2.75, 3.05) is 17.7 Å². The van der Waals surface area contributed by atoms with E-state index in [1.165, 1.54) is 5.56 Å². The minimum atomic E-state index is 0.541. The molecule has 0 aliphatic heterocycles. The lowest BCUT2D eigenvalue weighted by Crippen LogP contribution is -2.20. The van der Waals surface area contributed by atoms with Crippen LogP contribution in [0, 0.1) is 13.8 Å². The summed E-state index contributed by atoms with van der Waals surface area (Å²) in [5, 5.41) is 0. The zero-order chi connectivity index (χ0) is 13.1. The molecular formula is C13H17N5. The van der Waals surface area contributed by atoms with Crippen molar-refractivity contribution in [3.8, 4) is 0 Å². The van der Waals surface area contributed by atoms with Gasteiger partial charge in [0.05, 0.1) is 0 Å². The third kappa shape index (κ3) is 2.56. The number of anilines is 2. The van der Waals surface area contributed by atoms with Gasteiger partial charge in [0.1, 0.15) is 17.5 Å². The van der Waals surface area contributed by atoms with Gasteiger partial charge in [-0.05, 0) is 31.5 Å². The molecule has 0 aliphatic rings. The highest BCUT2D eigenvalue weighted by molar-refractivity contribution is 5.56. The van der Waals surface area contributed by atoms with E-state index in [1.54, 1.807) is 12.4 Å². The van der Waals surface area contributed by atoms with Crippen LogP contribution >= 0.6 is 0 Å². The van der Waals surface area contributed by atoms with Crippen LogP contribution in [0.1, 0.15) is 17.0 Å². The molecule has 0 fully saturated rings. The van der Waals surface area contributed by atoms with Crippen LogP contribution in [0.4, 0.5) is 11.6 Å². The van der Waals surface area contributed by atoms with E-state index in [-0.39, 0.29) is 0 Å². The first-order valence-electron chi connectivity index (χ1n) is 5.78. The van der Waals surface area contributed by atoms with Crippen molar-refractivity contribution in [1.82, 2.24) is 15.0 Å². The van der Waals surface area contributed by atoms with Crippen molar-refractivity contribution in [3.05, 3.63) is 41.5 Å². The van der Waals surface area contributed by atoms with E-state index in [9.17, 15) is 0 Å². The highest BCUT2D eigenvalue weighted by Gasteiger charge is 2.11. The lowest BCUT2D eigenvalue weighted by atomic mass is 10.2. The smallest absolute Gasteiger partial charge is 0.137 e. The molecule has 0 saturated carbocycles.